The lowest BCUT2D eigenvalue weighted by atomic mass is 10.1. The van der Waals surface area contributed by atoms with Gasteiger partial charge in [0.1, 0.15) is 11.6 Å². The van der Waals surface area contributed by atoms with E-state index in [1.54, 1.807) is 12.4 Å². The molecular formula is C23H19F2N5OS. The minimum Gasteiger partial charge on any atom is -0.323 e. The number of nitrogens with zero attached hydrogens (tertiary/aromatic N) is 4. The fourth-order valence-electron chi connectivity index (χ4n) is 3.23. The first-order valence-corrected chi connectivity index (χ1v) is 10.7. The van der Waals surface area contributed by atoms with E-state index in [0.29, 0.717) is 11.0 Å². The van der Waals surface area contributed by atoms with Crippen molar-refractivity contribution in [3.63, 3.8) is 0 Å². The molecule has 0 bridgehead atoms. The second-order valence-corrected chi connectivity index (χ2v) is 8.08. The molecule has 6 nitrogen and oxygen atoms in total. The van der Waals surface area contributed by atoms with E-state index < -0.39 is 17.5 Å². The highest BCUT2D eigenvalue weighted by Crippen LogP contribution is 2.29. The van der Waals surface area contributed by atoms with Gasteiger partial charge in [-0.3, -0.25) is 14.3 Å². The van der Waals surface area contributed by atoms with Crippen LogP contribution in [0, 0.1) is 25.5 Å². The lowest BCUT2D eigenvalue weighted by Gasteiger charge is -2.13. The fourth-order valence-corrected chi connectivity index (χ4v) is 3.97. The predicted molar refractivity (Wildman–Crippen MR) is 120 cm³/mol. The molecule has 0 aliphatic rings. The van der Waals surface area contributed by atoms with Crippen molar-refractivity contribution >= 4 is 23.4 Å². The van der Waals surface area contributed by atoms with E-state index in [9.17, 15) is 13.6 Å². The Balaban J connectivity index is 1.63. The van der Waals surface area contributed by atoms with Gasteiger partial charge in [0.25, 0.3) is 0 Å². The van der Waals surface area contributed by atoms with Crippen molar-refractivity contribution < 1.29 is 13.6 Å². The van der Waals surface area contributed by atoms with Crippen LogP contribution in [0.3, 0.4) is 0 Å². The number of anilines is 1. The van der Waals surface area contributed by atoms with Crippen molar-refractivity contribution in [2.24, 2.45) is 0 Å². The summed E-state index contributed by atoms with van der Waals surface area (Å²) in [6.07, 6.45) is 3.37. The number of nitrogens with one attached hydrogen (secondary N) is 1. The molecule has 32 heavy (non-hydrogen) atoms. The van der Waals surface area contributed by atoms with Crippen molar-refractivity contribution in [3.05, 3.63) is 83.7 Å². The number of hydrogen-bond donors (Lipinski definition) is 1. The molecule has 2 aromatic heterocycles. The summed E-state index contributed by atoms with van der Waals surface area (Å²) in [7, 11) is 0. The van der Waals surface area contributed by atoms with E-state index in [4.69, 9.17) is 0 Å². The number of aryl methyl sites for hydroxylation is 2. The summed E-state index contributed by atoms with van der Waals surface area (Å²) in [5.74, 6) is -1.31. The normalized spacial score (nSPS) is 10.9. The number of benzene rings is 2. The highest BCUT2D eigenvalue weighted by molar-refractivity contribution is 7.99. The van der Waals surface area contributed by atoms with Gasteiger partial charge >= 0.3 is 0 Å². The Bertz CT molecular complexity index is 1280. The predicted octanol–water partition coefficient (Wildman–Crippen LogP) is 4.96. The number of thioether (sulfide) groups is 1. The molecule has 9 heteroatoms. The Kier molecular flexibility index (Phi) is 6.27. The molecule has 1 amide bonds. The van der Waals surface area contributed by atoms with Crippen molar-refractivity contribution in [2.45, 2.75) is 19.0 Å². The maximum atomic E-state index is 13.8. The topological polar surface area (TPSA) is 72.7 Å². The maximum absolute atomic E-state index is 13.8. The Morgan fingerprint density at radius 2 is 1.94 bits per heavy atom. The Morgan fingerprint density at radius 3 is 2.69 bits per heavy atom. The quantitative estimate of drug-likeness (QED) is 0.420. The number of halogens is 2. The van der Waals surface area contributed by atoms with Gasteiger partial charge in [-0.2, -0.15) is 0 Å². The van der Waals surface area contributed by atoms with Crippen LogP contribution in [0.4, 0.5) is 14.5 Å². The molecule has 0 radical (unpaired) electrons. The molecule has 2 heterocycles. The number of amides is 1. The lowest BCUT2D eigenvalue weighted by Crippen LogP contribution is -2.16. The lowest BCUT2D eigenvalue weighted by molar-refractivity contribution is -0.113. The SMILES string of the molecule is Cc1ccc(-n2c(SCC(=O)Nc3cc(F)ccc3F)nnc2-c2cccnc2)c(C)c1. The number of pyridine rings is 1. The number of aromatic nitrogens is 4. The van der Waals surface area contributed by atoms with Crippen LogP contribution in [0.15, 0.2) is 66.1 Å². The summed E-state index contributed by atoms with van der Waals surface area (Å²) in [6.45, 7) is 4.00. The third-order valence-electron chi connectivity index (χ3n) is 4.68. The number of carbonyl (C=O) groups excluding carboxylic acids is 1. The molecule has 0 spiro atoms. The van der Waals surface area contributed by atoms with Gasteiger partial charge in [0.2, 0.25) is 5.91 Å². The van der Waals surface area contributed by atoms with E-state index in [2.05, 4.69) is 26.6 Å². The van der Waals surface area contributed by atoms with E-state index in [1.165, 1.54) is 0 Å². The van der Waals surface area contributed by atoms with Gasteiger partial charge in [0, 0.05) is 24.0 Å². The van der Waals surface area contributed by atoms with Crippen molar-refractivity contribution in [2.75, 3.05) is 11.1 Å². The average Bonchev–Trinajstić information content (AvgIpc) is 3.19. The van der Waals surface area contributed by atoms with Gasteiger partial charge in [-0.25, -0.2) is 8.78 Å². The standard InChI is InChI=1S/C23H19F2N5OS/c1-14-5-8-20(15(2)10-14)30-22(16-4-3-9-26-12-16)28-29-23(30)32-13-21(31)27-19-11-17(24)6-7-18(19)25/h3-12H,13H2,1-2H3,(H,27,31). The third kappa shape index (κ3) is 4.67. The minimum atomic E-state index is -0.706. The first-order chi connectivity index (χ1) is 15.4. The van der Waals surface area contributed by atoms with Crippen LogP contribution in [-0.2, 0) is 4.79 Å². The van der Waals surface area contributed by atoms with Crippen LogP contribution in [-0.4, -0.2) is 31.4 Å². The van der Waals surface area contributed by atoms with Crippen LogP contribution >= 0.6 is 11.8 Å². The monoisotopic (exact) mass is 451 g/mol. The van der Waals surface area contributed by atoms with E-state index in [0.717, 1.165) is 52.3 Å². The number of hydrogen-bond acceptors (Lipinski definition) is 5. The van der Waals surface area contributed by atoms with Crippen LogP contribution < -0.4 is 5.32 Å². The summed E-state index contributed by atoms with van der Waals surface area (Å²) in [5, 5.41) is 11.5. The molecule has 0 fully saturated rings. The second kappa shape index (κ2) is 9.27. The van der Waals surface area contributed by atoms with Crippen LogP contribution in [0.1, 0.15) is 11.1 Å². The Labute approximate surface area is 187 Å². The zero-order valence-corrected chi connectivity index (χ0v) is 18.2. The zero-order chi connectivity index (χ0) is 22.7. The summed E-state index contributed by atoms with van der Waals surface area (Å²) in [6, 6.07) is 12.6. The molecular weight excluding hydrogens is 432 g/mol. The number of rotatable bonds is 6. The van der Waals surface area contributed by atoms with Gasteiger partial charge in [0.05, 0.1) is 17.1 Å². The fraction of sp³-hybridized carbons (Fsp3) is 0.130. The van der Waals surface area contributed by atoms with Gasteiger partial charge in [-0.15, -0.1) is 10.2 Å². The first kappa shape index (κ1) is 21.6. The summed E-state index contributed by atoms with van der Waals surface area (Å²) < 4.78 is 29.1. The average molecular weight is 452 g/mol. The molecule has 0 saturated heterocycles. The van der Waals surface area contributed by atoms with Crippen molar-refractivity contribution in [1.82, 2.24) is 19.7 Å². The smallest absolute Gasteiger partial charge is 0.234 e. The van der Waals surface area contributed by atoms with Crippen LogP contribution in [0.2, 0.25) is 0 Å². The second-order valence-electron chi connectivity index (χ2n) is 7.13. The van der Waals surface area contributed by atoms with E-state index in [1.807, 2.05) is 42.7 Å². The molecule has 162 valence electrons. The van der Waals surface area contributed by atoms with Gasteiger partial charge < -0.3 is 5.32 Å². The van der Waals surface area contributed by atoms with Gasteiger partial charge in [0.15, 0.2) is 11.0 Å². The van der Waals surface area contributed by atoms with E-state index in [-0.39, 0.29) is 11.4 Å². The molecule has 4 aromatic rings. The summed E-state index contributed by atoms with van der Waals surface area (Å²) in [4.78, 5) is 16.6. The van der Waals surface area contributed by atoms with Crippen LogP contribution in [0.25, 0.3) is 17.1 Å². The number of carbonyl (C=O) groups is 1. The molecule has 0 aliphatic heterocycles. The minimum absolute atomic E-state index is 0.0635. The van der Waals surface area contributed by atoms with Crippen molar-refractivity contribution in [3.8, 4) is 17.1 Å². The highest BCUT2D eigenvalue weighted by Gasteiger charge is 2.19. The third-order valence-corrected chi connectivity index (χ3v) is 5.61. The first-order valence-electron chi connectivity index (χ1n) is 9.73. The van der Waals surface area contributed by atoms with Crippen molar-refractivity contribution in [1.29, 1.82) is 0 Å². The zero-order valence-electron chi connectivity index (χ0n) is 17.3. The maximum Gasteiger partial charge on any atom is 0.234 e. The Hall–Kier alpha value is -3.59. The van der Waals surface area contributed by atoms with Crippen LogP contribution in [0.5, 0.6) is 0 Å². The molecule has 0 atom stereocenters. The molecule has 0 saturated carbocycles. The van der Waals surface area contributed by atoms with E-state index >= 15 is 0 Å². The Morgan fingerprint density at radius 1 is 1.09 bits per heavy atom. The largest absolute Gasteiger partial charge is 0.323 e. The summed E-state index contributed by atoms with van der Waals surface area (Å²) >= 11 is 1.15. The molecule has 0 aliphatic carbocycles. The summed E-state index contributed by atoms with van der Waals surface area (Å²) in [5.41, 5.74) is 3.58. The molecule has 1 N–H and O–H groups in total. The van der Waals surface area contributed by atoms with Gasteiger partial charge in [-0.1, -0.05) is 29.5 Å². The molecule has 4 rings (SSSR count). The van der Waals surface area contributed by atoms with Gasteiger partial charge in [-0.05, 0) is 49.7 Å². The molecule has 0 unspecified atom stereocenters. The highest BCUT2D eigenvalue weighted by atomic mass is 32.2. The molecule has 2 aromatic carbocycles.